The van der Waals surface area contributed by atoms with Crippen LogP contribution in [0.2, 0.25) is 0 Å². The number of hydrogen-bond donors (Lipinski definition) is 2. The van der Waals surface area contributed by atoms with E-state index in [4.69, 9.17) is 9.73 Å². The summed E-state index contributed by atoms with van der Waals surface area (Å²) in [5.41, 5.74) is 7.42. The quantitative estimate of drug-likeness (QED) is 0.851. The van der Waals surface area contributed by atoms with Gasteiger partial charge in [0, 0.05) is 24.7 Å². The Labute approximate surface area is 136 Å². The van der Waals surface area contributed by atoms with Gasteiger partial charge in [-0.25, -0.2) is 4.99 Å². The van der Waals surface area contributed by atoms with Gasteiger partial charge >= 0.3 is 0 Å². The molecule has 1 unspecified atom stereocenters. The highest BCUT2D eigenvalue weighted by Crippen LogP contribution is 2.37. The van der Waals surface area contributed by atoms with Gasteiger partial charge in [0.15, 0.2) is 0 Å². The third-order valence-corrected chi connectivity index (χ3v) is 5.03. The second-order valence-corrected chi connectivity index (χ2v) is 6.65. The number of nitrogens with one attached hydrogen (secondary N) is 2. The van der Waals surface area contributed by atoms with Gasteiger partial charge in [-0.2, -0.15) is 5.10 Å². The number of amidine groups is 1. The number of aliphatic imine (C=N–C) groups is 1. The van der Waals surface area contributed by atoms with Crippen LogP contribution >= 0.6 is 0 Å². The third kappa shape index (κ3) is 2.31. The molecule has 0 radical (unpaired) electrons. The molecule has 5 heteroatoms. The van der Waals surface area contributed by atoms with Crippen molar-refractivity contribution in [3.63, 3.8) is 0 Å². The third-order valence-electron chi connectivity index (χ3n) is 5.03. The topological polar surface area (TPSA) is 62.3 Å². The van der Waals surface area contributed by atoms with E-state index in [1.165, 1.54) is 22.3 Å². The van der Waals surface area contributed by atoms with E-state index in [0.29, 0.717) is 12.6 Å². The van der Waals surface area contributed by atoms with Crippen molar-refractivity contribution in [3.05, 3.63) is 40.7 Å². The SMILES string of the molecule is CNC1=NC2(CCc3cc(-c4c(C)n[nH]c4C)ccc3C2)CO1. The molecule has 1 aliphatic carbocycles. The maximum Gasteiger partial charge on any atom is 0.285 e. The van der Waals surface area contributed by atoms with E-state index >= 15 is 0 Å². The minimum absolute atomic E-state index is 0.0751. The van der Waals surface area contributed by atoms with Crippen LogP contribution in [0.4, 0.5) is 0 Å². The Hall–Kier alpha value is -2.30. The lowest BCUT2D eigenvalue weighted by molar-refractivity contribution is 0.232. The van der Waals surface area contributed by atoms with Gasteiger partial charge in [0.1, 0.15) is 12.1 Å². The molecule has 1 spiro atoms. The molecule has 0 fully saturated rings. The fourth-order valence-corrected chi connectivity index (χ4v) is 3.80. The highest BCUT2D eigenvalue weighted by Gasteiger charge is 2.39. The molecule has 23 heavy (non-hydrogen) atoms. The summed E-state index contributed by atoms with van der Waals surface area (Å²) in [6, 6.07) is 7.46. The van der Waals surface area contributed by atoms with Gasteiger partial charge in [-0.3, -0.25) is 5.10 Å². The van der Waals surface area contributed by atoms with Crippen LogP contribution in [0, 0.1) is 13.8 Å². The average Bonchev–Trinajstić information content (AvgIpc) is 3.11. The molecular formula is C18H22N4O. The summed E-state index contributed by atoms with van der Waals surface area (Å²) in [5, 5.41) is 10.4. The molecule has 2 heterocycles. The van der Waals surface area contributed by atoms with Crippen molar-refractivity contribution in [3.8, 4) is 11.1 Å². The monoisotopic (exact) mass is 310 g/mol. The number of ether oxygens (including phenoxy) is 1. The lowest BCUT2D eigenvalue weighted by atomic mass is 9.78. The van der Waals surface area contributed by atoms with Crippen molar-refractivity contribution >= 4 is 6.02 Å². The summed E-state index contributed by atoms with van der Waals surface area (Å²) in [5.74, 6) is 0. The van der Waals surface area contributed by atoms with Crippen LogP contribution < -0.4 is 5.32 Å². The largest absolute Gasteiger partial charge is 0.463 e. The summed E-state index contributed by atoms with van der Waals surface area (Å²) < 4.78 is 5.65. The van der Waals surface area contributed by atoms with Crippen molar-refractivity contribution in [2.45, 2.75) is 38.6 Å². The summed E-state index contributed by atoms with van der Waals surface area (Å²) in [6.45, 7) is 4.81. The van der Waals surface area contributed by atoms with E-state index in [9.17, 15) is 0 Å². The first kappa shape index (κ1) is 14.3. The van der Waals surface area contributed by atoms with Crippen molar-refractivity contribution < 1.29 is 4.74 Å². The molecule has 2 aromatic rings. The smallest absolute Gasteiger partial charge is 0.285 e. The minimum Gasteiger partial charge on any atom is -0.463 e. The predicted octanol–water partition coefficient (Wildman–Crippen LogP) is 2.53. The Morgan fingerprint density at radius 1 is 1.26 bits per heavy atom. The molecule has 0 bridgehead atoms. The first-order valence-electron chi connectivity index (χ1n) is 8.14. The molecule has 1 atom stereocenters. The highest BCUT2D eigenvalue weighted by molar-refractivity contribution is 5.76. The summed E-state index contributed by atoms with van der Waals surface area (Å²) in [7, 11) is 1.86. The zero-order valence-electron chi connectivity index (χ0n) is 13.9. The molecule has 0 saturated carbocycles. The van der Waals surface area contributed by atoms with E-state index in [0.717, 1.165) is 30.7 Å². The number of hydrogen-bond acceptors (Lipinski definition) is 4. The number of H-pyrrole nitrogens is 1. The van der Waals surface area contributed by atoms with Gasteiger partial charge in [-0.05, 0) is 43.4 Å². The fraction of sp³-hybridized carbons (Fsp3) is 0.444. The van der Waals surface area contributed by atoms with Gasteiger partial charge in [0.2, 0.25) is 0 Å². The molecule has 1 aromatic carbocycles. The van der Waals surface area contributed by atoms with Gasteiger partial charge in [0.05, 0.1) is 5.69 Å². The number of rotatable bonds is 1. The summed E-state index contributed by atoms with van der Waals surface area (Å²) in [4.78, 5) is 4.77. The Kier molecular flexibility index (Phi) is 3.18. The van der Waals surface area contributed by atoms with Crippen molar-refractivity contribution in [2.24, 2.45) is 4.99 Å². The van der Waals surface area contributed by atoms with Crippen LogP contribution in [0.25, 0.3) is 11.1 Å². The molecule has 0 saturated heterocycles. The Morgan fingerprint density at radius 3 is 2.83 bits per heavy atom. The van der Waals surface area contributed by atoms with E-state index < -0.39 is 0 Å². The first-order valence-corrected chi connectivity index (χ1v) is 8.14. The van der Waals surface area contributed by atoms with Crippen LogP contribution in [0.5, 0.6) is 0 Å². The Bertz CT molecular complexity index is 773. The molecule has 0 amide bonds. The van der Waals surface area contributed by atoms with Gasteiger partial charge in [-0.1, -0.05) is 18.2 Å². The van der Waals surface area contributed by atoms with Crippen LogP contribution in [0.3, 0.4) is 0 Å². The van der Waals surface area contributed by atoms with Gasteiger partial charge in [0.25, 0.3) is 6.02 Å². The number of aromatic nitrogens is 2. The van der Waals surface area contributed by atoms with Crippen LogP contribution in [-0.4, -0.2) is 35.4 Å². The zero-order valence-corrected chi connectivity index (χ0v) is 13.9. The lowest BCUT2D eigenvalue weighted by Crippen LogP contribution is -2.35. The van der Waals surface area contributed by atoms with Gasteiger partial charge < -0.3 is 10.1 Å². The van der Waals surface area contributed by atoms with E-state index in [1.54, 1.807) is 0 Å². The molecule has 4 rings (SSSR count). The minimum atomic E-state index is -0.0751. The first-order chi connectivity index (χ1) is 11.1. The zero-order chi connectivity index (χ0) is 16.0. The molecule has 1 aromatic heterocycles. The van der Waals surface area contributed by atoms with E-state index in [-0.39, 0.29) is 5.54 Å². The Balaban J connectivity index is 1.67. The number of benzene rings is 1. The standard InChI is InChI=1S/C18H22N4O/c1-11-16(12(2)22-21-11)14-4-5-15-9-18(7-6-13(15)8-14)10-23-17(19-3)20-18/h4-5,8H,6-7,9-10H2,1-3H3,(H,19,20)(H,21,22). The van der Waals surface area contributed by atoms with E-state index in [1.807, 2.05) is 7.05 Å². The number of nitrogens with zero attached hydrogens (tertiary/aromatic N) is 2. The van der Waals surface area contributed by atoms with Crippen LogP contribution in [-0.2, 0) is 17.6 Å². The molecule has 5 nitrogen and oxygen atoms in total. The number of aryl methyl sites for hydroxylation is 3. The number of aromatic amines is 1. The fourth-order valence-electron chi connectivity index (χ4n) is 3.80. The molecule has 2 aliphatic rings. The normalized spacial score (nSPS) is 22.7. The van der Waals surface area contributed by atoms with Crippen molar-refractivity contribution in [1.82, 2.24) is 15.5 Å². The average molecular weight is 310 g/mol. The van der Waals surface area contributed by atoms with Gasteiger partial charge in [-0.15, -0.1) is 0 Å². The summed E-state index contributed by atoms with van der Waals surface area (Å²) in [6.07, 6.45) is 3.04. The predicted molar refractivity (Wildman–Crippen MR) is 90.7 cm³/mol. The van der Waals surface area contributed by atoms with Crippen molar-refractivity contribution in [1.29, 1.82) is 0 Å². The molecule has 120 valence electrons. The van der Waals surface area contributed by atoms with Crippen LogP contribution in [0.1, 0.15) is 28.9 Å². The maximum atomic E-state index is 5.65. The molecule has 2 N–H and O–H groups in total. The van der Waals surface area contributed by atoms with E-state index in [2.05, 4.69) is 47.6 Å². The summed E-state index contributed by atoms with van der Waals surface area (Å²) >= 11 is 0. The second-order valence-electron chi connectivity index (χ2n) is 6.65. The highest BCUT2D eigenvalue weighted by atomic mass is 16.5. The maximum absolute atomic E-state index is 5.65. The Morgan fingerprint density at radius 2 is 2.13 bits per heavy atom. The molecule has 1 aliphatic heterocycles. The van der Waals surface area contributed by atoms with Crippen LogP contribution in [0.15, 0.2) is 23.2 Å². The number of fused-ring (bicyclic) bond motifs is 1. The lowest BCUT2D eigenvalue weighted by Gasteiger charge is -2.30. The molecular weight excluding hydrogens is 288 g/mol. The second kappa shape index (κ2) is 5.11. The van der Waals surface area contributed by atoms with Crippen molar-refractivity contribution in [2.75, 3.05) is 13.7 Å².